The van der Waals surface area contributed by atoms with Crippen molar-refractivity contribution in [3.63, 3.8) is 0 Å². The van der Waals surface area contributed by atoms with E-state index in [4.69, 9.17) is 17.7 Å². The first-order valence-corrected chi connectivity index (χ1v) is 18.5. The summed E-state index contributed by atoms with van der Waals surface area (Å²) in [5.41, 5.74) is 5.39. The monoisotopic (exact) mass is 660 g/mol. The zero-order valence-corrected chi connectivity index (χ0v) is 28.9. The van der Waals surface area contributed by atoms with Crippen LogP contribution in [0.1, 0.15) is 18.9 Å². The molecular formula is C35H40N2O7SSi. The first-order valence-electron chi connectivity index (χ1n) is 15.1. The molecule has 2 aliphatic rings. The third kappa shape index (κ3) is 6.66. The molecule has 0 N–H and O–H groups in total. The molecule has 0 spiro atoms. The normalized spacial score (nSPS) is 12.9. The predicted molar refractivity (Wildman–Crippen MR) is 182 cm³/mol. The molecule has 9 nitrogen and oxygen atoms in total. The van der Waals surface area contributed by atoms with E-state index in [2.05, 4.69) is 35.5 Å². The smallest absolute Gasteiger partial charge is 0.500 e. The maximum absolute atomic E-state index is 12.4. The van der Waals surface area contributed by atoms with E-state index in [-0.39, 0.29) is 4.90 Å². The van der Waals surface area contributed by atoms with Gasteiger partial charge in [-0.05, 0) is 49.7 Å². The summed E-state index contributed by atoms with van der Waals surface area (Å²) >= 11 is 0. The molecule has 1 aliphatic heterocycles. The van der Waals surface area contributed by atoms with Crippen LogP contribution in [0.25, 0.3) is 33.4 Å². The van der Waals surface area contributed by atoms with E-state index >= 15 is 0 Å². The summed E-state index contributed by atoms with van der Waals surface area (Å²) in [6, 6.07) is 27.0. The topological polar surface area (TPSA) is 104 Å². The van der Waals surface area contributed by atoms with Gasteiger partial charge in [-0.2, -0.15) is 0 Å². The number of aryl methyl sites for hydroxylation is 1. The van der Waals surface area contributed by atoms with Gasteiger partial charge in [-0.1, -0.05) is 36.4 Å². The van der Waals surface area contributed by atoms with E-state index in [0.717, 1.165) is 35.3 Å². The number of nitrogens with zero attached hydrogens (tertiary/aromatic N) is 2. The van der Waals surface area contributed by atoms with Crippen LogP contribution in [0.15, 0.2) is 94.2 Å². The highest BCUT2D eigenvalue weighted by molar-refractivity contribution is 7.85. The van der Waals surface area contributed by atoms with Gasteiger partial charge in [-0.15, -0.1) is 0 Å². The molecule has 5 rings (SSSR count). The van der Waals surface area contributed by atoms with Gasteiger partial charge < -0.3 is 27.1 Å². The van der Waals surface area contributed by atoms with E-state index in [1.807, 2.05) is 55.6 Å². The van der Waals surface area contributed by atoms with Gasteiger partial charge in [0.1, 0.15) is 35.1 Å². The van der Waals surface area contributed by atoms with Crippen LogP contribution in [-0.4, -0.2) is 63.2 Å². The Morgan fingerprint density at radius 3 is 2.26 bits per heavy atom. The molecule has 0 amide bonds. The van der Waals surface area contributed by atoms with Crippen molar-refractivity contribution in [2.45, 2.75) is 31.2 Å². The number of hydrogen-bond acceptors (Lipinski definition) is 8. The second-order valence-corrected chi connectivity index (χ2v) is 15.6. The first kappa shape index (κ1) is 33.5. The molecule has 3 aromatic rings. The van der Waals surface area contributed by atoms with Crippen LogP contribution in [0.2, 0.25) is 6.04 Å². The average Bonchev–Trinajstić information content (AvgIpc) is 3.06. The lowest BCUT2D eigenvalue weighted by molar-refractivity contribution is 0.123. The maximum Gasteiger partial charge on any atom is 0.500 e. The highest BCUT2D eigenvalue weighted by Gasteiger charge is 2.37. The number of hydrogen-bond donors (Lipinski definition) is 0. The molecule has 0 saturated carbocycles. The summed E-state index contributed by atoms with van der Waals surface area (Å²) in [6.45, 7) is 5.60. The fourth-order valence-electron chi connectivity index (χ4n) is 6.03. The number of rotatable bonds is 12. The minimum absolute atomic E-state index is 0.272. The van der Waals surface area contributed by atoms with Gasteiger partial charge in [0.2, 0.25) is 5.36 Å². The minimum Gasteiger partial charge on any atom is -0.744 e. The van der Waals surface area contributed by atoms with Gasteiger partial charge >= 0.3 is 8.80 Å². The summed E-state index contributed by atoms with van der Waals surface area (Å²) in [5.74, 6) is 0.565. The van der Waals surface area contributed by atoms with Crippen molar-refractivity contribution in [2.75, 3.05) is 46.4 Å². The predicted octanol–water partition coefficient (Wildman–Crippen LogP) is 6.25. The fourth-order valence-corrected chi connectivity index (χ4v) is 8.42. The molecule has 3 aromatic carbocycles. The van der Waals surface area contributed by atoms with Crippen LogP contribution in [-0.2, 0) is 23.4 Å². The van der Waals surface area contributed by atoms with Gasteiger partial charge in [0.05, 0.1) is 11.0 Å². The van der Waals surface area contributed by atoms with Crippen molar-refractivity contribution in [1.29, 1.82) is 0 Å². The van der Waals surface area contributed by atoms with E-state index in [9.17, 15) is 13.0 Å². The Kier molecular flexibility index (Phi) is 10.1. The van der Waals surface area contributed by atoms with Crippen LogP contribution in [0, 0.1) is 6.92 Å². The Labute approximate surface area is 271 Å². The standard InChI is InChI=1S/C35H40N2O7SSi/c1-7-37(31-15-10-8-13-25(31)2)27-18-20-29-33(24-27)44-32-23-26(36(3)21-12-22-46(41-4,42-5)43-6)17-19-28(32)35(29)30-14-9-11-16-34(30)45(38,39)40/h8-11,13-20,23-24H,7,12,21-22H2,1-6H3. The van der Waals surface area contributed by atoms with Gasteiger partial charge in [0.15, 0.2) is 0 Å². The van der Waals surface area contributed by atoms with Gasteiger partial charge in [0.25, 0.3) is 0 Å². The van der Waals surface area contributed by atoms with Crippen molar-refractivity contribution in [1.82, 2.24) is 4.58 Å². The third-order valence-corrected chi connectivity index (χ3v) is 12.2. The van der Waals surface area contributed by atoms with E-state index in [0.29, 0.717) is 46.0 Å². The van der Waals surface area contributed by atoms with Crippen molar-refractivity contribution >= 4 is 41.3 Å². The number of benzene rings is 4. The van der Waals surface area contributed by atoms with Crippen LogP contribution in [0.4, 0.5) is 11.4 Å². The minimum atomic E-state index is -4.76. The number of fused-ring (bicyclic) bond motifs is 2. The van der Waals surface area contributed by atoms with Crippen molar-refractivity contribution in [3.05, 3.63) is 95.8 Å². The third-order valence-electron chi connectivity index (χ3n) is 8.50. The lowest BCUT2D eigenvalue weighted by atomic mass is 9.93. The van der Waals surface area contributed by atoms with Crippen LogP contribution in [0.5, 0.6) is 0 Å². The van der Waals surface area contributed by atoms with Crippen LogP contribution in [0.3, 0.4) is 0 Å². The molecule has 0 fully saturated rings. The molecule has 0 aromatic heterocycles. The zero-order chi connectivity index (χ0) is 33.1. The Morgan fingerprint density at radius 2 is 1.59 bits per heavy atom. The second kappa shape index (κ2) is 13.9. The lowest BCUT2D eigenvalue weighted by Crippen LogP contribution is -2.43. The van der Waals surface area contributed by atoms with Gasteiger partial charge in [-0.3, -0.25) is 0 Å². The molecule has 0 atom stereocenters. The Morgan fingerprint density at radius 1 is 0.891 bits per heavy atom. The Hall–Kier alpha value is -3.84. The lowest BCUT2D eigenvalue weighted by Gasteiger charge is -2.26. The maximum atomic E-state index is 12.4. The molecule has 1 heterocycles. The van der Waals surface area contributed by atoms with E-state index in [1.165, 1.54) is 6.07 Å². The van der Waals surface area contributed by atoms with Crippen molar-refractivity contribution < 1.29 is 30.7 Å². The summed E-state index contributed by atoms with van der Waals surface area (Å²) < 4.78 is 62.7. The molecule has 0 saturated heterocycles. The van der Waals surface area contributed by atoms with Crippen molar-refractivity contribution in [3.8, 4) is 22.5 Å². The summed E-state index contributed by atoms with van der Waals surface area (Å²) in [4.78, 5) is 1.93. The average molecular weight is 661 g/mol. The highest BCUT2D eigenvalue weighted by atomic mass is 32.2. The van der Waals surface area contributed by atoms with Gasteiger partial charge in [-0.25, -0.2) is 13.0 Å². The molecule has 1 aliphatic carbocycles. The Balaban J connectivity index is 1.71. The highest BCUT2D eigenvalue weighted by Crippen LogP contribution is 2.43. The van der Waals surface area contributed by atoms with E-state index < -0.39 is 18.9 Å². The zero-order valence-electron chi connectivity index (χ0n) is 27.1. The quantitative estimate of drug-likeness (QED) is 0.0670. The molecule has 11 heteroatoms. The molecule has 0 radical (unpaired) electrons. The molecule has 0 bridgehead atoms. The molecule has 46 heavy (non-hydrogen) atoms. The molecule has 0 unspecified atom stereocenters. The summed E-state index contributed by atoms with van der Waals surface area (Å²) in [7, 11) is -0.631. The summed E-state index contributed by atoms with van der Waals surface area (Å²) in [5, 5.41) is 1.62. The van der Waals surface area contributed by atoms with Gasteiger partial charge in [0, 0.05) is 85.9 Å². The second-order valence-electron chi connectivity index (χ2n) is 11.1. The molecule has 242 valence electrons. The fraction of sp³-hybridized carbons (Fsp3) is 0.286. The van der Waals surface area contributed by atoms with Crippen LogP contribution < -0.4 is 14.8 Å². The SMILES string of the molecule is CCN(c1ccc2c(-c3ccccc3S(=O)(=O)[O-])c3ccc(=[N+](C)CCC[Si](OC)(OC)OC)cc-3oc2c1)c1ccccc1C. The first-order chi connectivity index (χ1) is 22.1. The summed E-state index contributed by atoms with van der Waals surface area (Å²) in [6.07, 6.45) is 0.778. The Bertz CT molecular complexity index is 2000. The van der Waals surface area contributed by atoms with Crippen molar-refractivity contribution in [2.24, 2.45) is 0 Å². The van der Waals surface area contributed by atoms with Crippen LogP contribution >= 0.6 is 0 Å². The largest absolute Gasteiger partial charge is 0.744 e. The van der Waals surface area contributed by atoms with E-state index in [1.54, 1.807) is 39.5 Å². The number of para-hydroxylation sites is 1. The number of anilines is 2. The molecular weight excluding hydrogens is 621 g/mol.